The van der Waals surface area contributed by atoms with Gasteiger partial charge in [0.2, 0.25) is 0 Å². The van der Waals surface area contributed by atoms with E-state index < -0.39 is 11.4 Å². The number of hydrogen-bond donors (Lipinski definition) is 2. The molecule has 0 amide bonds. The SMILES string of the molecule is CC(N)(CO)Cc1ccc(F)c(C#N)c1. The lowest BCUT2D eigenvalue weighted by molar-refractivity contribution is 0.208. The number of aliphatic hydroxyl groups excluding tert-OH is 1. The first-order valence-electron chi connectivity index (χ1n) is 4.57. The summed E-state index contributed by atoms with van der Waals surface area (Å²) in [4.78, 5) is 0. The van der Waals surface area contributed by atoms with Crippen molar-refractivity contribution in [3.63, 3.8) is 0 Å². The van der Waals surface area contributed by atoms with Crippen molar-refractivity contribution in [3.8, 4) is 6.07 Å². The Kier molecular flexibility index (Phi) is 3.40. The molecule has 0 spiro atoms. The van der Waals surface area contributed by atoms with E-state index in [2.05, 4.69) is 0 Å². The first kappa shape index (κ1) is 11.6. The van der Waals surface area contributed by atoms with Crippen molar-refractivity contribution < 1.29 is 9.50 Å². The fraction of sp³-hybridized carbons (Fsp3) is 0.364. The third-order valence-electron chi connectivity index (χ3n) is 2.12. The number of hydrogen-bond acceptors (Lipinski definition) is 3. The summed E-state index contributed by atoms with van der Waals surface area (Å²) < 4.78 is 13.0. The van der Waals surface area contributed by atoms with Crippen LogP contribution in [0.2, 0.25) is 0 Å². The van der Waals surface area contributed by atoms with Crippen molar-refractivity contribution in [2.24, 2.45) is 5.73 Å². The third-order valence-corrected chi connectivity index (χ3v) is 2.12. The lowest BCUT2D eigenvalue weighted by Crippen LogP contribution is -2.42. The molecule has 1 aromatic rings. The van der Waals surface area contributed by atoms with Crippen molar-refractivity contribution in [3.05, 3.63) is 35.1 Å². The standard InChI is InChI=1S/C11H13FN2O/c1-11(14,7-15)5-8-2-3-10(12)9(4-8)6-13/h2-4,15H,5,7,14H2,1H3. The largest absolute Gasteiger partial charge is 0.394 e. The molecule has 80 valence electrons. The number of nitriles is 1. The Morgan fingerprint density at radius 1 is 1.60 bits per heavy atom. The van der Waals surface area contributed by atoms with Crippen LogP contribution in [0.3, 0.4) is 0 Å². The van der Waals surface area contributed by atoms with Crippen LogP contribution in [-0.4, -0.2) is 17.3 Å². The fourth-order valence-electron chi connectivity index (χ4n) is 1.29. The summed E-state index contributed by atoms with van der Waals surface area (Å²) in [6.07, 6.45) is 0.401. The normalized spacial score (nSPS) is 14.3. The molecule has 1 atom stereocenters. The van der Waals surface area contributed by atoms with Gasteiger partial charge in [0.1, 0.15) is 11.9 Å². The number of benzene rings is 1. The van der Waals surface area contributed by atoms with Gasteiger partial charge in [0, 0.05) is 5.54 Å². The van der Waals surface area contributed by atoms with Gasteiger partial charge in [0.25, 0.3) is 0 Å². The van der Waals surface area contributed by atoms with Crippen LogP contribution in [0.5, 0.6) is 0 Å². The number of aliphatic hydroxyl groups is 1. The highest BCUT2D eigenvalue weighted by atomic mass is 19.1. The van der Waals surface area contributed by atoms with Gasteiger partial charge in [-0.15, -0.1) is 0 Å². The monoisotopic (exact) mass is 208 g/mol. The molecule has 0 saturated heterocycles. The second kappa shape index (κ2) is 4.39. The maximum absolute atomic E-state index is 13.0. The van der Waals surface area contributed by atoms with Gasteiger partial charge in [0.05, 0.1) is 12.2 Å². The summed E-state index contributed by atoms with van der Waals surface area (Å²) >= 11 is 0. The molecular formula is C11H13FN2O. The summed E-state index contributed by atoms with van der Waals surface area (Å²) in [7, 11) is 0. The van der Waals surface area contributed by atoms with Crippen LogP contribution in [0.4, 0.5) is 4.39 Å². The lowest BCUT2D eigenvalue weighted by Gasteiger charge is -2.21. The van der Waals surface area contributed by atoms with Crippen LogP contribution < -0.4 is 5.73 Å². The van der Waals surface area contributed by atoms with Crippen molar-refractivity contribution >= 4 is 0 Å². The highest BCUT2D eigenvalue weighted by molar-refractivity contribution is 5.35. The maximum atomic E-state index is 13.0. The Bertz CT molecular complexity index is 396. The summed E-state index contributed by atoms with van der Waals surface area (Å²) in [5, 5.41) is 17.6. The van der Waals surface area contributed by atoms with Gasteiger partial charge in [-0.1, -0.05) is 6.07 Å². The Hall–Kier alpha value is -1.44. The minimum Gasteiger partial charge on any atom is -0.394 e. The van der Waals surface area contributed by atoms with Crippen LogP contribution in [0, 0.1) is 17.1 Å². The van der Waals surface area contributed by atoms with Gasteiger partial charge in [-0.2, -0.15) is 5.26 Å². The Morgan fingerprint density at radius 3 is 2.80 bits per heavy atom. The Labute approximate surface area is 87.9 Å². The van der Waals surface area contributed by atoms with Crippen molar-refractivity contribution in [1.82, 2.24) is 0 Å². The highest BCUT2D eigenvalue weighted by Crippen LogP contribution is 2.14. The average Bonchev–Trinajstić information content (AvgIpc) is 2.20. The smallest absolute Gasteiger partial charge is 0.140 e. The molecular weight excluding hydrogens is 195 g/mol. The van der Waals surface area contributed by atoms with Crippen LogP contribution in [0.15, 0.2) is 18.2 Å². The van der Waals surface area contributed by atoms with E-state index in [4.69, 9.17) is 16.1 Å². The lowest BCUT2D eigenvalue weighted by atomic mass is 9.94. The molecule has 1 unspecified atom stereocenters. The van der Waals surface area contributed by atoms with E-state index in [1.807, 2.05) is 0 Å². The second-order valence-corrected chi connectivity index (χ2v) is 3.91. The molecule has 0 bridgehead atoms. The molecule has 0 radical (unpaired) electrons. The molecule has 0 aromatic heterocycles. The van der Waals surface area contributed by atoms with Crippen LogP contribution in [-0.2, 0) is 6.42 Å². The first-order chi connectivity index (χ1) is 6.98. The summed E-state index contributed by atoms with van der Waals surface area (Å²) in [5.74, 6) is -0.538. The molecule has 0 aliphatic carbocycles. The molecule has 0 aliphatic rings. The predicted octanol–water partition coefficient (Wildman–Crippen LogP) is 0.950. The number of halogens is 1. The number of nitrogens with zero attached hydrogens (tertiary/aromatic N) is 1. The number of rotatable bonds is 3. The summed E-state index contributed by atoms with van der Waals surface area (Å²) in [5.41, 5.74) is 5.75. The van der Waals surface area contributed by atoms with E-state index in [1.54, 1.807) is 19.1 Å². The van der Waals surface area contributed by atoms with Gasteiger partial charge >= 0.3 is 0 Å². The van der Waals surface area contributed by atoms with Crippen molar-refractivity contribution in [2.75, 3.05) is 6.61 Å². The minimum absolute atomic E-state index is 0.00115. The quantitative estimate of drug-likeness (QED) is 0.777. The third kappa shape index (κ3) is 3.01. The molecule has 1 rings (SSSR count). The molecule has 0 heterocycles. The van der Waals surface area contributed by atoms with Gasteiger partial charge in [-0.3, -0.25) is 0 Å². The van der Waals surface area contributed by atoms with Crippen LogP contribution >= 0.6 is 0 Å². The van der Waals surface area contributed by atoms with E-state index in [-0.39, 0.29) is 12.2 Å². The maximum Gasteiger partial charge on any atom is 0.140 e. The fourth-order valence-corrected chi connectivity index (χ4v) is 1.29. The zero-order chi connectivity index (χ0) is 11.5. The topological polar surface area (TPSA) is 70.0 Å². The zero-order valence-corrected chi connectivity index (χ0v) is 8.50. The van der Waals surface area contributed by atoms with Gasteiger partial charge in [-0.25, -0.2) is 4.39 Å². The van der Waals surface area contributed by atoms with Crippen molar-refractivity contribution in [1.29, 1.82) is 5.26 Å². The van der Waals surface area contributed by atoms with Crippen LogP contribution in [0.25, 0.3) is 0 Å². The molecule has 3 N–H and O–H groups in total. The number of nitrogens with two attached hydrogens (primary N) is 1. The molecule has 0 fully saturated rings. The van der Waals surface area contributed by atoms with E-state index in [1.165, 1.54) is 12.1 Å². The van der Waals surface area contributed by atoms with Gasteiger partial charge in [0.15, 0.2) is 0 Å². The van der Waals surface area contributed by atoms with Crippen molar-refractivity contribution in [2.45, 2.75) is 18.9 Å². The summed E-state index contributed by atoms with van der Waals surface area (Å²) in [6, 6.07) is 6.02. The molecule has 1 aromatic carbocycles. The molecule has 0 saturated carbocycles. The Balaban J connectivity index is 2.94. The van der Waals surface area contributed by atoms with E-state index in [9.17, 15) is 4.39 Å². The van der Waals surface area contributed by atoms with Gasteiger partial charge < -0.3 is 10.8 Å². The van der Waals surface area contributed by atoms with Gasteiger partial charge in [-0.05, 0) is 31.0 Å². The minimum atomic E-state index is -0.745. The Morgan fingerprint density at radius 2 is 2.27 bits per heavy atom. The highest BCUT2D eigenvalue weighted by Gasteiger charge is 2.18. The van der Waals surface area contributed by atoms with E-state index in [0.717, 1.165) is 5.56 Å². The van der Waals surface area contributed by atoms with E-state index in [0.29, 0.717) is 6.42 Å². The molecule has 4 heteroatoms. The molecule has 0 aliphatic heterocycles. The predicted molar refractivity (Wildman–Crippen MR) is 54.5 cm³/mol. The molecule has 15 heavy (non-hydrogen) atoms. The second-order valence-electron chi connectivity index (χ2n) is 3.91. The molecule has 3 nitrogen and oxygen atoms in total. The first-order valence-corrected chi connectivity index (χ1v) is 4.57. The van der Waals surface area contributed by atoms with E-state index >= 15 is 0 Å². The average molecular weight is 208 g/mol. The van der Waals surface area contributed by atoms with Crippen LogP contribution in [0.1, 0.15) is 18.1 Å². The summed E-state index contributed by atoms with van der Waals surface area (Å²) in [6.45, 7) is 1.54. The zero-order valence-electron chi connectivity index (χ0n) is 8.50.